The van der Waals surface area contributed by atoms with Crippen molar-refractivity contribution in [3.63, 3.8) is 0 Å². The number of hydrogen-bond acceptors (Lipinski definition) is 3. The molecule has 0 aliphatic carbocycles. The first-order valence-electron chi connectivity index (χ1n) is 5.66. The maximum absolute atomic E-state index is 5.22. The van der Waals surface area contributed by atoms with Crippen LogP contribution in [0.5, 0.6) is 0 Å². The van der Waals surface area contributed by atoms with Crippen LogP contribution in [0.25, 0.3) is 22.2 Å². The maximum atomic E-state index is 5.22. The van der Waals surface area contributed by atoms with E-state index in [-0.39, 0.29) is 0 Å². The van der Waals surface area contributed by atoms with E-state index >= 15 is 0 Å². The van der Waals surface area contributed by atoms with Gasteiger partial charge >= 0.3 is 0 Å². The third-order valence-electron chi connectivity index (χ3n) is 3.00. The van der Waals surface area contributed by atoms with Crippen LogP contribution in [0, 0.1) is 11.6 Å². The largest absolute Gasteiger partial charge is 0.346 e. The molecule has 0 aliphatic rings. The lowest BCUT2D eigenvalue weighted by Gasteiger charge is -2.08. The number of nitrogens with one attached hydrogen (secondary N) is 1. The highest BCUT2D eigenvalue weighted by Gasteiger charge is 2.07. The summed E-state index contributed by atoms with van der Waals surface area (Å²) in [4.78, 5) is 11.6. The van der Waals surface area contributed by atoms with E-state index in [0.29, 0.717) is 4.64 Å². The molecule has 2 heterocycles. The Morgan fingerprint density at radius 1 is 1.11 bits per heavy atom. The summed E-state index contributed by atoms with van der Waals surface area (Å²) in [6.07, 6.45) is 3.44. The topological polar surface area (TPSA) is 41.6 Å². The van der Waals surface area contributed by atoms with Gasteiger partial charge in [0.25, 0.3) is 0 Å². The predicted molar refractivity (Wildman–Crippen MR) is 74.9 cm³/mol. The molecule has 3 aromatic rings. The van der Waals surface area contributed by atoms with Gasteiger partial charge in [0, 0.05) is 22.7 Å². The van der Waals surface area contributed by atoms with Gasteiger partial charge in [-0.25, -0.2) is 4.98 Å². The molecule has 0 atom stereocenters. The molecule has 3 rings (SSSR count). The lowest BCUT2D eigenvalue weighted by atomic mass is 10.0. The van der Waals surface area contributed by atoms with Gasteiger partial charge in [0.2, 0.25) is 0 Å². The van der Waals surface area contributed by atoms with Crippen LogP contribution >= 0.6 is 12.2 Å². The summed E-state index contributed by atoms with van der Waals surface area (Å²) in [6, 6.07) is 10.1. The molecule has 0 aliphatic heterocycles. The Labute approximate surface area is 110 Å². The van der Waals surface area contributed by atoms with Crippen LogP contribution in [0.1, 0.15) is 5.56 Å². The SMILES string of the molecule is Cc1c(-c2cccc3ncccc23)[nH]cnc1=S. The minimum absolute atomic E-state index is 0.629. The van der Waals surface area contributed by atoms with E-state index in [1.165, 1.54) is 0 Å². The monoisotopic (exact) mass is 253 g/mol. The fourth-order valence-electron chi connectivity index (χ4n) is 2.07. The Balaban J connectivity index is 2.39. The molecular formula is C14H11N3S. The van der Waals surface area contributed by atoms with E-state index in [1.54, 1.807) is 12.5 Å². The van der Waals surface area contributed by atoms with Crippen molar-refractivity contribution in [1.82, 2.24) is 15.0 Å². The second-order valence-corrected chi connectivity index (χ2v) is 4.47. The van der Waals surface area contributed by atoms with Gasteiger partial charge in [-0.3, -0.25) is 4.98 Å². The zero-order valence-corrected chi connectivity index (χ0v) is 10.7. The van der Waals surface area contributed by atoms with Crippen LogP contribution in [0.2, 0.25) is 0 Å². The Kier molecular flexibility index (Phi) is 2.64. The van der Waals surface area contributed by atoms with Gasteiger partial charge in [-0.2, -0.15) is 0 Å². The Morgan fingerprint density at radius 3 is 2.89 bits per heavy atom. The summed E-state index contributed by atoms with van der Waals surface area (Å²) in [5, 5.41) is 1.11. The first-order chi connectivity index (χ1) is 8.77. The number of benzene rings is 1. The van der Waals surface area contributed by atoms with Crippen molar-refractivity contribution in [2.45, 2.75) is 6.92 Å². The summed E-state index contributed by atoms with van der Waals surface area (Å²) >= 11 is 5.22. The third kappa shape index (κ3) is 1.71. The summed E-state index contributed by atoms with van der Waals surface area (Å²) in [6.45, 7) is 1.98. The maximum Gasteiger partial charge on any atom is 0.132 e. The van der Waals surface area contributed by atoms with Crippen LogP contribution in [-0.2, 0) is 0 Å². The molecular weight excluding hydrogens is 242 g/mol. The average molecular weight is 253 g/mol. The van der Waals surface area contributed by atoms with E-state index in [9.17, 15) is 0 Å². The molecule has 0 amide bonds. The highest BCUT2D eigenvalue weighted by molar-refractivity contribution is 7.71. The minimum Gasteiger partial charge on any atom is -0.346 e. The second kappa shape index (κ2) is 4.31. The highest BCUT2D eigenvalue weighted by atomic mass is 32.1. The van der Waals surface area contributed by atoms with Crippen LogP contribution in [-0.4, -0.2) is 15.0 Å². The van der Waals surface area contributed by atoms with Crippen LogP contribution in [0.15, 0.2) is 42.9 Å². The molecule has 0 saturated carbocycles. The first kappa shape index (κ1) is 11.0. The van der Waals surface area contributed by atoms with E-state index < -0.39 is 0 Å². The molecule has 0 radical (unpaired) electrons. The van der Waals surface area contributed by atoms with Gasteiger partial charge in [-0.1, -0.05) is 30.4 Å². The van der Waals surface area contributed by atoms with Crippen LogP contribution < -0.4 is 0 Å². The Hall–Kier alpha value is -2.07. The van der Waals surface area contributed by atoms with Gasteiger partial charge < -0.3 is 4.98 Å². The fraction of sp³-hybridized carbons (Fsp3) is 0.0714. The molecule has 0 unspecified atom stereocenters. The van der Waals surface area contributed by atoms with Crippen molar-refractivity contribution in [1.29, 1.82) is 0 Å². The second-order valence-electron chi connectivity index (χ2n) is 4.08. The first-order valence-corrected chi connectivity index (χ1v) is 6.06. The number of aromatic amines is 1. The highest BCUT2D eigenvalue weighted by Crippen LogP contribution is 2.27. The molecule has 1 N–H and O–H groups in total. The third-order valence-corrected chi connectivity index (χ3v) is 3.41. The van der Waals surface area contributed by atoms with Crippen molar-refractivity contribution in [3.8, 4) is 11.3 Å². The summed E-state index contributed by atoms with van der Waals surface area (Å²) in [5.41, 5.74) is 4.08. The standard InChI is InChI=1S/C14H11N3S/c1-9-13(16-8-17-14(9)18)11-4-2-6-12-10(11)5-3-7-15-12/h2-8H,1H3,(H,16,17,18). The average Bonchev–Trinajstić information content (AvgIpc) is 2.41. The molecule has 0 bridgehead atoms. The fourth-order valence-corrected chi connectivity index (χ4v) is 2.22. The van der Waals surface area contributed by atoms with Gasteiger partial charge in [0.15, 0.2) is 0 Å². The molecule has 0 fully saturated rings. The molecule has 3 nitrogen and oxygen atoms in total. The number of pyridine rings is 1. The number of rotatable bonds is 1. The summed E-state index contributed by atoms with van der Waals surface area (Å²) in [7, 11) is 0. The van der Waals surface area contributed by atoms with E-state index in [4.69, 9.17) is 12.2 Å². The summed E-state index contributed by atoms with van der Waals surface area (Å²) < 4.78 is 0.629. The van der Waals surface area contributed by atoms with Crippen LogP contribution in [0.4, 0.5) is 0 Å². The number of nitrogens with zero attached hydrogens (tertiary/aromatic N) is 2. The van der Waals surface area contributed by atoms with E-state index in [0.717, 1.165) is 27.7 Å². The van der Waals surface area contributed by atoms with Gasteiger partial charge in [0.05, 0.1) is 17.5 Å². The quantitative estimate of drug-likeness (QED) is 0.673. The smallest absolute Gasteiger partial charge is 0.132 e. The summed E-state index contributed by atoms with van der Waals surface area (Å²) in [5.74, 6) is 0. The Bertz CT molecular complexity index is 772. The van der Waals surface area contributed by atoms with Crippen molar-refractivity contribution in [2.75, 3.05) is 0 Å². The normalized spacial score (nSPS) is 10.7. The van der Waals surface area contributed by atoms with E-state index in [2.05, 4.69) is 27.1 Å². The molecule has 4 heteroatoms. The molecule has 88 valence electrons. The van der Waals surface area contributed by atoms with Crippen molar-refractivity contribution in [2.24, 2.45) is 0 Å². The zero-order chi connectivity index (χ0) is 12.5. The molecule has 0 saturated heterocycles. The van der Waals surface area contributed by atoms with Crippen molar-refractivity contribution in [3.05, 3.63) is 53.1 Å². The van der Waals surface area contributed by atoms with E-state index in [1.807, 2.05) is 25.1 Å². The lowest BCUT2D eigenvalue weighted by molar-refractivity contribution is 1.12. The van der Waals surface area contributed by atoms with Crippen molar-refractivity contribution < 1.29 is 0 Å². The number of H-pyrrole nitrogens is 1. The number of fused-ring (bicyclic) bond motifs is 1. The lowest BCUT2D eigenvalue weighted by Crippen LogP contribution is -1.92. The molecule has 0 spiro atoms. The molecule has 2 aromatic heterocycles. The molecule has 18 heavy (non-hydrogen) atoms. The van der Waals surface area contributed by atoms with Crippen molar-refractivity contribution >= 4 is 23.1 Å². The minimum atomic E-state index is 0.629. The zero-order valence-electron chi connectivity index (χ0n) is 9.84. The van der Waals surface area contributed by atoms with Gasteiger partial charge in [-0.05, 0) is 19.1 Å². The Morgan fingerprint density at radius 2 is 2.00 bits per heavy atom. The van der Waals surface area contributed by atoms with Crippen LogP contribution in [0.3, 0.4) is 0 Å². The number of hydrogen-bond donors (Lipinski definition) is 1. The number of aromatic nitrogens is 3. The van der Waals surface area contributed by atoms with Gasteiger partial charge in [0.1, 0.15) is 4.64 Å². The predicted octanol–water partition coefficient (Wildman–Crippen LogP) is 3.66. The van der Waals surface area contributed by atoms with Gasteiger partial charge in [-0.15, -0.1) is 0 Å². The molecule has 1 aromatic carbocycles.